The maximum absolute atomic E-state index is 11.6. The molecule has 0 aromatic carbocycles. The van der Waals surface area contributed by atoms with Gasteiger partial charge in [-0.1, -0.05) is 20.8 Å². The summed E-state index contributed by atoms with van der Waals surface area (Å²) in [6, 6.07) is 0. The minimum atomic E-state index is -0.159. The molecule has 0 aliphatic carbocycles. The average molecular weight is 199 g/mol. The predicted molar refractivity (Wildman–Crippen MR) is 61.4 cm³/mol. The van der Waals surface area contributed by atoms with Crippen LogP contribution in [-0.2, 0) is 4.79 Å². The van der Waals surface area contributed by atoms with Gasteiger partial charge in [0.05, 0.1) is 0 Å². The third-order valence-electron chi connectivity index (χ3n) is 2.79. The lowest BCUT2D eigenvalue weighted by Gasteiger charge is -2.30. The van der Waals surface area contributed by atoms with Crippen LogP contribution < -0.4 is 0 Å². The van der Waals surface area contributed by atoms with E-state index < -0.39 is 0 Å². The lowest BCUT2D eigenvalue weighted by atomic mass is 9.79. The van der Waals surface area contributed by atoms with Crippen molar-refractivity contribution in [2.75, 3.05) is 20.6 Å². The van der Waals surface area contributed by atoms with Gasteiger partial charge >= 0.3 is 0 Å². The summed E-state index contributed by atoms with van der Waals surface area (Å²) in [5.74, 6) is 0.989. The fraction of sp³-hybridized carbons (Fsp3) is 0.917. The fourth-order valence-corrected chi connectivity index (χ4v) is 1.67. The Morgan fingerprint density at radius 3 is 2.14 bits per heavy atom. The molecule has 0 fully saturated rings. The lowest BCUT2D eigenvalue weighted by molar-refractivity contribution is -0.127. The predicted octanol–water partition coefficient (Wildman–Crippen LogP) is 2.58. The van der Waals surface area contributed by atoms with Crippen LogP contribution in [0, 0.1) is 11.3 Å². The molecule has 84 valence electrons. The molecule has 1 unspecified atom stereocenters. The second-order valence-electron chi connectivity index (χ2n) is 5.29. The summed E-state index contributed by atoms with van der Waals surface area (Å²) in [6.07, 6.45) is 2.13. The Hall–Kier alpha value is -0.370. The number of carbonyl (C=O) groups is 1. The first-order chi connectivity index (χ1) is 6.28. The summed E-state index contributed by atoms with van der Waals surface area (Å²) in [5, 5.41) is 0. The van der Waals surface area contributed by atoms with Crippen molar-refractivity contribution in [3.63, 3.8) is 0 Å². The van der Waals surface area contributed by atoms with Gasteiger partial charge < -0.3 is 4.90 Å². The minimum absolute atomic E-state index is 0.159. The van der Waals surface area contributed by atoms with E-state index in [-0.39, 0.29) is 5.41 Å². The van der Waals surface area contributed by atoms with E-state index in [1.165, 1.54) is 0 Å². The van der Waals surface area contributed by atoms with E-state index in [4.69, 9.17) is 0 Å². The topological polar surface area (TPSA) is 20.3 Å². The molecule has 0 bridgehead atoms. The molecule has 0 saturated carbocycles. The van der Waals surface area contributed by atoms with Crippen LogP contribution in [0.25, 0.3) is 0 Å². The Morgan fingerprint density at radius 2 is 1.86 bits per heavy atom. The molecule has 0 radical (unpaired) electrons. The Morgan fingerprint density at radius 1 is 1.36 bits per heavy atom. The molecule has 0 aliphatic rings. The third-order valence-corrected chi connectivity index (χ3v) is 2.79. The molecule has 2 nitrogen and oxygen atoms in total. The van der Waals surface area contributed by atoms with Crippen molar-refractivity contribution in [1.29, 1.82) is 0 Å². The number of rotatable bonds is 6. The van der Waals surface area contributed by atoms with Crippen LogP contribution in [0.5, 0.6) is 0 Å². The van der Waals surface area contributed by atoms with Crippen molar-refractivity contribution in [3.05, 3.63) is 0 Å². The van der Waals surface area contributed by atoms with E-state index in [9.17, 15) is 4.79 Å². The van der Waals surface area contributed by atoms with Crippen LogP contribution in [-0.4, -0.2) is 31.3 Å². The van der Waals surface area contributed by atoms with Gasteiger partial charge in [0.15, 0.2) is 0 Å². The number of hydrogen-bond donors (Lipinski definition) is 0. The first-order valence-corrected chi connectivity index (χ1v) is 5.43. The highest BCUT2D eigenvalue weighted by atomic mass is 16.1. The van der Waals surface area contributed by atoms with Crippen LogP contribution >= 0.6 is 0 Å². The molecular formula is C12H25NO. The van der Waals surface area contributed by atoms with Gasteiger partial charge in [-0.25, -0.2) is 0 Å². The van der Waals surface area contributed by atoms with E-state index in [0.717, 1.165) is 19.4 Å². The highest BCUT2D eigenvalue weighted by molar-refractivity contribution is 5.82. The van der Waals surface area contributed by atoms with Crippen molar-refractivity contribution in [2.24, 2.45) is 11.3 Å². The van der Waals surface area contributed by atoms with Crippen molar-refractivity contribution >= 4 is 5.78 Å². The van der Waals surface area contributed by atoms with Crippen molar-refractivity contribution < 1.29 is 4.79 Å². The summed E-state index contributed by atoms with van der Waals surface area (Å²) in [7, 11) is 4.05. The second-order valence-corrected chi connectivity index (χ2v) is 5.29. The number of nitrogens with zero attached hydrogens (tertiary/aromatic N) is 1. The average Bonchev–Trinajstić information content (AvgIpc) is 1.99. The number of hydrogen-bond acceptors (Lipinski definition) is 2. The van der Waals surface area contributed by atoms with E-state index >= 15 is 0 Å². The van der Waals surface area contributed by atoms with E-state index in [2.05, 4.69) is 25.7 Å². The van der Waals surface area contributed by atoms with Crippen molar-refractivity contribution in [2.45, 2.75) is 40.5 Å². The second kappa shape index (κ2) is 5.50. The van der Waals surface area contributed by atoms with Crippen LogP contribution in [0.3, 0.4) is 0 Å². The SMILES string of the molecule is CC(=O)C(C)(CCC(C)C)CN(C)C. The molecule has 1 atom stereocenters. The Kier molecular flexibility index (Phi) is 5.35. The normalized spacial score (nSPS) is 16.0. The molecule has 0 aromatic heterocycles. The highest BCUT2D eigenvalue weighted by Gasteiger charge is 2.30. The Bertz CT molecular complexity index is 187. The van der Waals surface area contributed by atoms with Gasteiger partial charge in [-0.3, -0.25) is 4.79 Å². The standard InChI is InChI=1S/C12H25NO/c1-10(2)7-8-12(4,11(3)14)9-13(5)6/h10H,7-9H2,1-6H3. The quantitative estimate of drug-likeness (QED) is 0.655. The molecule has 0 N–H and O–H groups in total. The molecule has 0 heterocycles. The molecule has 14 heavy (non-hydrogen) atoms. The molecule has 2 heteroatoms. The van der Waals surface area contributed by atoms with Crippen molar-refractivity contribution in [1.82, 2.24) is 4.90 Å². The number of carbonyl (C=O) groups excluding carboxylic acids is 1. The molecular weight excluding hydrogens is 174 g/mol. The van der Waals surface area contributed by atoms with Crippen LogP contribution in [0.15, 0.2) is 0 Å². The summed E-state index contributed by atoms with van der Waals surface area (Å²) < 4.78 is 0. The molecule has 0 saturated heterocycles. The van der Waals surface area contributed by atoms with E-state index in [0.29, 0.717) is 11.7 Å². The number of Topliss-reactive ketones (excluding diaryl/α,β-unsaturated/α-hetero) is 1. The van der Waals surface area contributed by atoms with E-state index in [1.807, 2.05) is 14.1 Å². The Labute approximate surface area is 88.7 Å². The van der Waals surface area contributed by atoms with Crippen LogP contribution in [0.2, 0.25) is 0 Å². The zero-order chi connectivity index (χ0) is 11.4. The van der Waals surface area contributed by atoms with Gasteiger partial charge in [0, 0.05) is 12.0 Å². The zero-order valence-electron chi connectivity index (χ0n) is 10.6. The van der Waals surface area contributed by atoms with Gasteiger partial charge in [-0.2, -0.15) is 0 Å². The summed E-state index contributed by atoms with van der Waals surface area (Å²) in [6.45, 7) is 9.06. The minimum Gasteiger partial charge on any atom is -0.308 e. The van der Waals surface area contributed by atoms with Crippen LogP contribution in [0.4, 0.5) is 0 Å². The monoisotopic (exact) mass is 199 g/mol. The van der Waals surface area contributed by atoms with Gasteiger partial charge in [-0.05, 0) is 39.8 Å². The highest BCUT2D eigenvalue weighted by Crippen LogP contribution is 2.27. The maximum Gasteiger partial charge on any atom is 0.136 e. The first-order valence-electron chi connectivity index (χ1n) is 5.43. The van der Waals surface area contributed by atoms with Gasteiger partial charge in [0.1, 0.15) is 5.78 Å². The summed E-state index contributed by atoms with van der Waals surface area (Å²) >= 11 is 0. The first kappa shape index (κ1) is 13.6. The fourth-order valence-electron chi connectivity index (χ4n) is 1.67. The van der Waals surface area contributed by atoms with Gasteiger partial charge in [0.2, 0.25) is 0 Å². The van der Waals surface area contributed by atoms with Crippen LogP contribution in [0.1, 0.15) is 40.5 Å². The Balaban J connectivity index is 4.32. The lowest BCUT2D eigenvalue weighted by Crippen LogP contribution is -2.37. The molecule has 0 amide bonds. The zero-order valence-corrected chi connectivity index (χ0v) is 10.6. The molecule has 0 aliphatic heterocycles. The largest absolute Gasteiger partial charge is 0.308 e. The summed E-state index contributed by atoms with van der Waals surface area (Å²) in [5.41, 5.74) is -0.159. The molecule has 0 rings (SSSR count). The smallest absolute Gasteiger partial charge is 0.136 e. The molecule has 0 spiro atoms. The molecule has 0 aromatic rings. The van der Waals surface area contributed by atoms with Gasteiger partial charge in [0.25, 0.3) is 0 Å². The van der Waals surface area contributed by atoms with Crippen molar-refractivity contribution in [3.8, 4) is 0 Å². The number of ketones is 1. The van der Waals surface area contributed by atoms with Gasteiger partial charge in [-0.15, -0.1) is 0 Å². The maximum atomic E-state index is 11.6. The van der Waals surface area contributed by atoms with E-state index in [1.54, 1.807) is 6.92 Å². The summed E-state index contributed by atoms with van der Waals surface area (Å²) in [4.78, 5) is 13.7. The third kappa shape index (κ3) is 4.75.